The molecule has 0 radical (unpaired) electrons. The van der Waals surface area contributed by atoms with Crippen LogP contribution in [0.15, 0.2) is 29.4 Å². The Morgan fingerprint density at radius 1 is 1.42 bits per heavy atom. The highest BCUT2D eigenvalue weighted by atomic mass is 19.4. The molecular formula is C16H19F3N2O3. The number of carbonyl (C=O) groups is 1. The van der Waals surface area contributed by atoms with Gasteiger partial charge in [0.2, 0.25) is 0 Å². The summed E-state index contributed by atoms with van der Waals surface area (Å²) in [7, 11) is 0. The Kier molecular flexibility index (Phi) is 4.89. The van der Waals surface area contributed by atoms with Gasteiger partial charge in [-0.1, -0.05) is 19.1 Å². The Hall–Kier alpha value is -2.09. The van der Waals surface area contributed by atoms with Crippen molar-refractivity contribution in [3.05, 3.63) is 29.8 Å². The minimum atomic E-state index is -5.02. The number of aryl methyl sites for hydroxylation is 1. The van der Waals surface area contributed by atoms with Crippen molar-refractivity contribution in [2.45, 2.75) is 51.6 Å². The molecule has 0 fully saturated rings. The number of carbonyl (C=O) groups excluding carboxylic acids is 1. The highest BCUT2D eigenvalue weighted by molar-refractivity contribution is 5.90. The number of rotatable bonds is 4. The lowest BCUT2D eigenvalue weighted by atomic mass is 10.1. The lowest BCUT2D eigenvalue weighted by Crippen LogP contribution is -2.58. The highest BCUT2D eigenvalue weighted by Crippen LogP contribution is 2.40. The van der Waals surface area contributed by atoms with Crippen LogP contribution < -0.4 is 4.74 Å². The predicted octanol–water partition coefficient (Wildman–Crippen LogP) is 2.88. The van der Waals surface area contributed by atoms with E-state index in [-0.39, 0.29) is 10.7 Å². The summed E-state index contributed by atoms with van der Waals surface area (Å²) in [5.74, 6) is -0.713. The molecule has 1 N–H and O–H groups in total. The molecule has 1 heterocycles. The molecule has 2 rings (SSSR count). The fraction of sp³-hybridized carbons (Fsp3) is 0.500. The van der Waals surface area contributed by atoms with Crippen molar-refractivity contribution in [1.82, 2.24) is 5.01 Å². The third-order valence-corrected chi connectivity index (χ3v) is 3.78. The van der Waals surface area contributed by atoms with Crippen LogP contribution in [0.5, 0.6) is 5.75 Å². The predicted molar refractivity (Wildman–Crippen MR) is 81.5 cm³/mol. The Balaban J connectivity index is 2.16. The van der Waals surface area contributed by atoms with Crippen LogP contribution in [0.25, 0.3) is 0 Å². The first-order valence-electron chi connectivity index (χ1n) is 7.51. The molecule has 1 aromatic carbocycles. The first-order valence-corrected chi connectivity index (χ1v) is 7.51. The third-order valence-electron chi connectivity index (χ3n) is 3.78. The number of alkyl halides is 3. The van der Waals surface area contributed by atoms with Gasteiger partial charge in [-0.3, -0.25) is 4.79 Å². The summed E-state index contributed by atoms with van der Waals surface area (Å²) in [4.78, 5) is 12.3. The quantitative estimate of drug-likeness (QED) is 0.914. The lowest BCUT2D eigenvalue weighted by molar-refractivity contribution is -0.303. The average molecular weight is 344 g/mol. The Labute approximate surface area is 137 Å². The number of ether oxygens (including phenoxy) is 1. The minimum Gasteiger partial charge on any atom is -0.481 e. The molecule has 0 saturated carbocycles. The zero-order valence-electron chi connectivity index (χ0n) is 13.6. The van der Waals surface area contributed by atoms with Crippen LogP contribution in [0, 0.1) is 0 Å². The number of amides is 1. The SMILES string of the molecule is CCc1ccc(O[C@@H](C)C(=O)N2N=C(C)C[C@]2(O)C(F)(F)F)cc1. The zero-order valence-corrected chi connectivity index (χ0v) is 13.6. The summed E-state index contributed by atoms with van der Waals surface area (Å²) in [5.41, 5.74) is -2.26. The molecule has 0 spiro atoms. The van der Waals surface area contributed by atoms with Crippen molar-refractivity contribution >= 4 is 11.6 Å². The number of aliphatic hydroxyl groups is 1. The molecule has 1 amide bonds. The second kappa shape index (κ2) is 6.43. The van der Waals surface area contributed by atoms with Gasteiger partial charge in [-0.2, -0.15) is 23.3 Å². The van der Waals surface area contributed by atoms with Crippen LogP contribution >= 0.6 is 0 Å². The van der Waals surface area contributed by atoms with Crippen LogP contribution in [0.2, 0.25) is 0 Å². The Bertz CT molecular complexity index is 643. The van der Waals surface area contributed by atoms with E-state index in [1.54, 1.807) is 24.3 Å². The van der Waals surface area contributed by atoms with E-state index in [0.29, 0.717) is 5.75 Å². The average Bonchev–Trinajstić information content (AvgIpc) is 2.83. The summed E-state index contributed by atoms with van der Waals surface area (Å²) in [6, 6.07) is 6.88. The van der Waals surface area contributed by atoms with E-state index >= 15 is 0 Å². The van der Waals surface area contributed by atoms with E-state index in [1.165, 1.54) is 13.8 Å². The molecule has 2 atom stereocenters. The number of benzene rings is 1. The molecule has 8 heteroatoms. The number of hydrogen-bond acceptors (Lipinski definition) is 4. The summed E-state index contributed by atoms with van der Waals surface area (Å²) in [6.45, 7) is 4.61. The molecule has 1 aliphatic rings. The highest BCUT2D eigenvalue weighted by Gasteiger charge is 2.63. The number of hydrazone groups is 1. The summed E-state index contributed by atoms with van der Waals surface area (Å²) < 4.78 is 44.8. The number of hydrogen-bond donors (Lipinski definition) is 1. The van der Waals surface area contributed by atoms with Crippen LogP contribution in [0.1, 0.15) is 32.8 Å². The molecule has 0 unspecified atom stereocenters. The fourth-order valence-electron chi connectivity index (χ4n) is 2.40. The molecule has 24 heavy (non-hydrogen) atoms. The van der Waals surface area contributed by atoms with E-state index < -0.39 is 30.3 Å². The normalized spacial score (nSPS) is 22.3. The van der Waals surface area contributed by atoms with Crippen molar-refractivity contribution < 1.29 is 27.8 Å². The van der Waals surface area contributed by atoms with Crippen molar-refractivity contribution in [3.8, 4) is 5.75 Å². The van der Waals surface area contributed by atoms with Gasteiger partial charge in [-0.05, 0) is 38.0 Å². The van der Waals surface area contributed by atoms with Gasteiger partial charge >= 0.3 is 6.18 Å². The van der Waals surface area contributed by atoms with Crippen LogP contribution in [-0.2, 0) is 11.2 Å². The molecule has 1 aromatic rings. The maximum atomic E-state index is 13.1. The first-order chi connectivity index (χ1) is 11.1. The van der Waals surface area contributed by atoms with E-state index in [0.717, 1.165) is 12.0 Å². The largest absolute Gasteiger partial charge is 0.481 e. The van der Waals surface area contributed by atoms with Crippen LogP contribution in [0.4, 0.5) is 13.2 Å². The second-order valence-electron chi connectivity index (χ2n) is 5.73. The van der Waals surface area contributed by atoms with Crippen LogP contribution in [-0.4, -0.2) is 39.7 Å². The van der Waals surface area contributed by atoms with Gasteiger partial charge in [-0.25, -0.2) is 0 Å². The molecule has 132 valence electrons. The lowest BCUT2D eigenvalue weighted by Gasteiger charge is -2.33. The maximum absolute atomic E-state index is 13.1. The number of nitrogens with zero attached hydrogens (tertiary/aromatic N) is 2. The molecule has 0 aromatic heterocycles. The van der Waals surface area contributed by atoms with Gasteiger partial charge in [0.15, 0.2) is 6.10 Å². The van der Waals surface area contributed by atoms with Crippen molar-refractivity contribution in [1.29, 1.82) is 0 Å². The Morgan fingerprint density at radius 2 is 2.00 bits per heavy atom. The standard InChI is InChI=1S/C16H19F3N2O3/c1-4-12-5-7-13(8-6-12)24-11(3)14(22)21-15(23,16(17,18)19)9-10(2)20-21/h5-8,11,23H,4,9H2,1-3H3/t11-,15-/m0/s1. The third kappa shape index (κ3) is 3.38. The minimum absolute atomic E-state index is 0.0164. The summed E-state index contributed by atoms with van der Waals surface area (Å²) in [5, 5.41) is 13.5. The van der Waals surface area contributed by atoms with Crippen LogP contribution in [0.3, 0.4) is 0 Å². The maximum Gasteiger partial charge on any atom is 0.438 e. The van der Waals surface area contributed by atoms with E-state index in [1.807, 2.05) is 6.92 Å². The topological polar surface area (TPSA) is 62.1 Å². The molecular weight excluding hydrogens is 325 g/mol. The van der Waals surface area contributed by atoms with Gasteiger partial charge in [0.1, 0.15) is 5.75 Å². The van der Waals surface area contributed by atoms with E-state index in [4.69, 9.17) is 4.74 Å². The van der Waals surface area contributed by atoms with Crippen molar-refractivity contribution in [2.75, 3.05) is 0 Å². The molecule has 0 aliphatic carbocycles. The number of halogens is 3. The van der Waals surface area contributed by atoms with Gasteiger partial charge in [-0.15, -0.1) is 0 Å². The van der Waals surface area contributed by atoms with Crippen molar-refractivity contribution in [2.24, 2.45) is 5.10 Å². The molecule has 0 bridgehead atoms. The van der Waals surface area contributed by atoms with Gasteiger partial charge in [0.05, 0.1) is 0 Å². The van der Waals surface area contributed by atoms with Gasteiger partial charge in [0, 0.05) is 12.1 Å². The van der Waals surface area contributed by atoms with Gasteiger partial charge in [0.25, 0.3) is 11.6 Å². The first kappa shape index (κ1) is 18.3. The fourth-order valence-corrected chi connectivity index (χ4v) is 2.40. The summed E-state index contributed by atoms with van der Waals surface area (Å²) in [6.07, 6.45) is -6.21. The van der Waals surface area contributed by atoms with E-state index in [9.17, 15) is 23.1 Å². The Morgan fingerprint density at radius 3 is 2.50 bits per heavy atom. The molecule has 1 aliphatic heterocycles. The summed E-state index contributed by atoms with van der Waals surface area (Å²) >= 11 is 0. The molecule has 0 saturated heterocycles. The van der Waals surface area contributed by atoms with Crippen molar-refractivity contribution in [3.63, 3.8) is 0 Å². The molecule has 5 nitrogen and oxygen atoms in total. The van der Waals surface area contributed by atoms with Gasteiger partial charge < -0.3 is 9.84 Å². The monoisotopic (exact) mass is 344 g/mol. The second-order valence-corrected chi connectivity index (χ2v) is 5.73. The zero-order chi connectivity index (χ0) is 18.1. The smallest absolute Gasteiger partial charge is 0.438 e. The van der Waals surface area contributed by atoms with E-state index in [2.05, 4.69) is 5.10 Å².